The molecule has 0 amide bonds. The predicted octanol–water partition coefficient (Wildman–Crippen LogP) is 9.09. The first-order valence-corrected chi connectivity index (χ1v) is 13.9. The lowest BCUT2D eigenvalue weighted by molar-refractivity contribution is -0.385. The van der Waals surface area contributed by atoms with Crippen LogP contribution in [0.5, 0.6) is 0 Å². The summed E-state index contributed by atoms with van der Waals surface area (Å²) in [6.07, 6.45) is 7.70. The van der Waals surface area contributed by atoms with Crippen LogP contribution in [0.15, 0.2) is 96.9 Å². The maximum Gasteiger partial charge on any atom is 0.270 e. The van der Waals surface area contributed by atoms with Gasteiger partial charge in [0.1, 0.15) is 0 Å². The first-order valence-electron chi connectivity index (χ1n) is 11.4. The van der Waals surface area contributed by atoms with E-state index in [0.29, 0.717) is 5.56 Å². The Kier molecular flexibility index (Phi) is 7.65. The minimum absolute atomic E-state index is 0.0812. The van der Waals surface area contributed by atoms with Crippen LogP contribution < -0.4 is 0 Å². The summed E-state index contributed by atoms with van der Waals surface area (Å²) in [6.45, 7) is 0. The van der Waals surface area contributed by atoms with Crippen molar-refractivity contribution in [1.29, 1.82) is 5.26 Å². The van der Waals surface area contributed by atoms with E-state index in [1.54, 1.807) is 48.2 Å². The fourth-order valence-corrected chi connectivity index (χ4v) is 6.53. The highest BCUT2D eigenvalue weighted by molar-refractivity contribution is 9.10. The van der Waals surface area contributed by atoms with Gasteiger partial charge in [0.15, 0.2) is 0 Å². The molecule has 0 spiro atoms. The Morgan fingerprint density at radius 1 is 0.615 bits per heavy atom. The summed E-state index contributed by atoms with van der Waals surface area (Å²) in [5, 5.41) is 30.6. The lowest BCUT2D eigenvalue weighted by Gasteiger charge is -2.05. The zero-order chi connectivity index (χ0) is 27.5. The van der Waals surface area contributed by atoms with E-state index >= 15 is 0 Å². The summed E-state index contributed by atoms with van der Waals surface area (Å²) in [4.78, 5) is 24.9. The molecule has 0 unspecified atom stereocenters. The van der Waals surface area contributed by atoms with Crippen LogP contribution >= 0.6 is 39.5 Å². The zero-order valence-electron chi connectivity index (χ0n) is 19.9. The molecule has 4 aromatic rings. The summed E-state index contributed by atoms with van der Waals surface area (Å²) >= 11 is 6.60. The van der Waals surface area contributed by atoms with E-state index in [-0.39, 0.29) is 16.3 Å². The maximum atomic E-state index is 10.8. The Morgan fingerprint density at radius 3 is 1.62 bits per heavy atom. The highest BCUT2D eigenvalue weighted by Crippen LogP contribution is 2.40. The first-order chi connectivity index (χ1) is 18.8. The first kappa shape index (κ1) is 26.4. The zero-order valence-corrected chi connectivity index (χ0v) is 23.1. The molecule has 39 heavy (non-hydrogen) atoms. The van der Waals surface area contributed by atoms with Crippen molar-refractivity contribution in [3.63, 3.8) is 0 Å². The van der Waals surface area contributed by atoms with Gasteiger partial charge in [0.2, 0.25) is 0 Å². The molecule has 0 N–H and O–H groups in total. The summed E-state index contributed by atoms with van der Waals surface area (Å²) in [5.41, 5.74) is 4.63. The molecule has 0 bridgehead atoms. The van der Waals surface area contributed by atoms with E-state index in [2.05, 4.69) is 28.1 Å². The second-order valence-corrected chi connectivity index (χ2v) is 11.5. The van der Waals surface area contributed by atoms with Crippen LogP contribution in [0.2, 0.25) is 0 Å². The van der Waals surface area contributed by atoms with Crippen LogP contribution in [0.25, 0.3) is 24.3 Å². The number of nitrogens with zero attached hydrogens (tertiary/aromatic N) is 3. The van der Waals surface area contributed by atoms with Gasteiger partial charge in [-0.1, -0.05) is 75.9 Å². The number of non-ortho nitro benzene ring substituents is 2. The van der Waals surface area contributed by atoms with Crippen molar-refractivity contribution in [1.82, 2.24) is 0 Å². The molecule has 0 atom stereocenters. The van der Waals surface area contributed by atoms with Crippen molar-refractivity contribution in [2.24, 2.45) is 0 Å². The van der Waals surface area contributed by atoms with Crippen molar-refractivity contribution in [3.05, 3.63) is 125 Å². The quantitative estimate of drug-likeness (QED) is 0.141. The summed E-state index contributed by atoms with van der Waals surface area (Å²) in [5.74, 6) is 0. The Hall–Kier alpha value is -4.17. The number of hydrogen-bond donors (Lipinski definition) is 0. The van der Waals surface area contributed by atoms with Gasteiger partial charge in [-0.2, -0.15) is 5.26 Å². The topological polar surface area (TPSA) is 110 Å². The van der Waals surface area contributed by atoms with Gasteiger partial charge in [-0.05, 0) is 58.7 Å². The third-order valence-electron chi connectivity index (χ3n) is 5.85. The fourth-order valence-electron chi connectivity index (χ4n) is 3.91. The standard InChI is InChI=1S/C15H8N2O2S.C14H8BrNO2S/c16-9-10-1-2-11-3-4-12-8-13(17(18)19)5-6-14(12)20-15(11)7-10;15-11-4-3-9-1-2-10-7-12(16(17)18)5-6-13(10)19-14(9)8-11/h1-8H;1-8H. The third-order valence-corrected chi connectivity index (χ3v) is 8.67. The van der Waals surface area contributed by atoms with Gasteiger partial charge in [-0.3, -0.25) is 20.2 Å². The van der Waals surface area contributed by atoms with E-state index in [4.69, 9.17) is 5.26 Å². The van der Waals surface area contributed by atoms with Crippen LogP contribution in [-0.2, 0) is 0 Å². The largest absolute Gasteiger partial charge is 0.270 e. The molecule has 4 aromatic carbocycles. The van der Waals surface area contributed by atoms with E-state index < -0.39 is 4.92 Å². The molecule has 0 saturated carbocycles. The number of nitriles is 1. The van der Waals surface area contributed by atoms with E-state index in [0.717, 1.165) is 46.3 Å². The van der Waals surface area contributed by atoms with Gasteiger partial charge in [-0.15, -0.1) is 0 Å². The number of halogens is 1. The molecule has 2 heterocycles. The smallest absolute Gasteiger partial charge is 0.258 e. The Balaban J connectivity index is 0.000000158. The Labute approximate surface area is 240 Å². The minimum Gasteiger partial charge on any atom is -0.258 e. The third kappa shape index (κ3) is 5.96. The maximum absolute atomic E-state index is 10.8. The monoisotopic (exact) mass is 613 g/mol. The molecule has 2 aliphatic heterocycles. The minimum atomic E-state index is -0.398. The van der Waals surface area contributed by atoms with Crippen LogP contribution in [0.4, 0.5) is 11.4 Å². The highest BCUT2D eigenvalue weighted by atomic mass is 79.9. The average Bonchev–Trinajstić information content (AvgIpc) is 3.23. The predicted molar refractivity (Wildman–Crippen MR) is 158 cm³/mol. The number of benzene rings is 4. The molecule has 0 fully saturated rings. The molecule has 0 radical (unpaired) electrons. The van der Waals surface area contributed by atoms with Gasteiger partial charge in [-0.25, -0.2) is 0 Å². The van der Waals surface area contributed by atoms with Crippen molar-refractivity contribution >= 4 is 75.1 Å². The molecule has 0 aromatic heterocycles. The van der Waals surface area contributed by atoms with E-state index in [9.17, 15) is 20.2 Å². The normalized spacial score (nSPS) is 12.2. The second-order valence-electron chi connectivity index (χ2n) is 8.38. The molecule has 7 nitrogen and oxygen atoms in total. The molecular weight excluding hydrogens is 598 g/mol. The molecule has 190 valence electrons. The van der Waals surface area contributed by atoms with Crippen LogP contribution in [0.1, 0.15) is 27.8 Å². The van der Waals surface area contributed by atoms with Gasteiger partial charge in [0.05, 0.1) is 21.5 Å². The second kappa shape index (κ2) is 11.3. The molecule has 6 rings (SSSR count). The van der Waals surface area contributed by atoms with Gasteiger partial charge in [0, 0.05) is 48.3 Å². The summed E-state index contributed by atoms with van der Waals surface area (Å²) in [7, 11) is 0. The number of hydrogen-bond acceptors (Lipinski definition) is 7. The molecule has 2 aliphatic rings. The van der Waals surface area contributed by atoms with Crippen LogP contribution in [-0.4, -0.2) is 9.85 Å². The van der Waals surface area contributed by atoms with Crippen molar-refractivity contribution in [2.75, 3.05) is 0 Å². The van der Waals surface area contributed by atoms with E-state index in [1.165, 1.54) is 17.8 Å². The van der Waals surface area contributed by atoms with Crippen molar-refractivity contribution in [2.45, 2.75) is 19.6 Å². The number of rotatable bonds is 2. The number of nitro benzene ring substituents is 2. The lowest BCUT2D eigenvalue weighted by atomic mass is 10.1. The van der Waals surface area contributed by atoms with Crippen LogP contribution in [0, 0.1) is 31.6 Å². The Morgan fingerprint density at radius 2 is 1.10 bits per heavy atom. The van der Waals surface area contributed by atoms with Gasteiger partial charge >= 0.3 is 0 Å². The summed E-state index contributed by atoms with van der Waals surface area (Å²) in [6, 6.07) is 23.5. The molecule has 0 saturated heterocycles. The molecule has 0 aliphatic carbocycles. The SMILES string of the molecule is N#Cc1ccc2c(c1)Sc1ccc([N+](=O)[O-])cc1C=C2.O=[N+]([O-])c1ccc2c(c1)C=Cc1ccc(Br)cc1S2. The molecule has 10 heteroatoms. The Bertz CT molecular complexity index is 1760. The molecular formula is C29H16BrN3O4S2. The van der Waals surface area contributed by atoms with Crippen molar-refractivity contribution < 1.29 is 9.85 Å². The number of nitro groups is 2. The van der Waals surface area contributed by atoms with Crippen molar-refractivity contribution in [3.8, 4) is 6.07 Å². The van der Waals surface area contributed by atoms with Gasteiger partial charge < -0.3 is 0 Å². The number of fused-ring (bicyclic) bond motifs is 4. The summed E-state index contributed by atoms with van der Waals surface area (Å²) < 4.78 is 1.03. The van der Waals surface area contributed by atoms with E-state index in [1.807, 2.05) is 48.6 Å². The lowest BCUT2D eigenvalue weighted by Crippen LogP contribution is -1.89. The highest BCUT2D eigenvalue weighted by Gasteiger charge is 2.16. The van der Waals surface area contributed by atoms with Gasteiger partial charge in [0.25, 0.3) is 11.4 Å². The van der Waals surface area contributed by atoms with Crippen LogP contribution in [0.3, 0.4) is 0 Å². The average molecular weight is 615 g/mol. The fraction of sp³-hybridized carbons (Fsp3) is 0.